The molecule has 1 N–H and O–H groups in total. The van der Waals surface area contributed by atoms with Crippen molar-refractivity contribution < 1.29 is 4.74 Å². The predicted octanol–water partition coefficient (Wildman–Crippen LogP) is 4.14. The third-order valence-corrected chi connectivity index (χ3v) is 3.79. The van der Waals surface area contributed by atoms with Gasteiger partial charge in [-0.15, -0.1) is 0 Å². The van der Waals surface area contributed by atoms with E-state index in [2.05, 4.69) is 51.4 Å². The summed E-state index contributed by atoms with van der Waals surface area (Å²) < 4.78 is 6.25. The summed E-state index contributed by atoms with van der Waals surface area (Å²) in [5.41, 5.74) is 2.48. The topological polar surface area (TPSA) is 34.2 Å². The van der Waals surface area contributed by atoms with E-state index in [9.17, 15) is 0 Å². The van der Waals surface area contributed by atoms with E-state index in [1.807, 2.05) is 24.5 Å². The first-order chi connectivity index (χ1) is 10.2. The minimum absolute atomic E-state index is 0.284. The normalized spacial score (nSPS) is 12.1. The Hall–Kier alpha value is -1.39. The van der Waals surface area contributed by atoms with Crippen molar-refractivity contribution in [3.8, 4) is 5.75 Å². The van der Waals surface area contributed by atoms with Gasteiger partial charge in [0, 0.05) is 22.9 Å². The van der Waals surface area contributed by atoms with Crippen molar-refractivity contribution in [2.24, 2.45) is 0 Å². The van der Waals surface area contributed by atoms with Crippen LogP contribution in [-0.4, -0.2) is 18.6 Å². The van der Waals surface area contributed by atoms with Gasteiger partial charge in [-0.25, -0.2) is 0 Å². The van der Waals surface area contributed by atoms with Crippen LogP contribution in [0.4, 0.5) is 0 Å². The Labute approximate surface area is 134 Å². The molecule has 1 aromatic carbocycles. The van der Waals surface area contributed by atoms with Crippen LogP contribution in [0.25, 0.3) is 0 Å². The van der Waals surface area contributed by atoms with Gasteiger partial charge in [-0.05, 0) is 64.6 Å². The Kier molecular flexibility index (Phi) is 6.21. The van der Waals surface area contributed by atoms with Crippen LogP contribution in [0.2, 0.25) is 0 Å². The summed E-state index contributed by atoms with van der Waals surface area (Å²) >= 11 is 3.48. The third kappa shape index (κ3) is 4.83. The number of rotatable bonds is 7. The average Bonchev–Trinajstić information content (AvgIpc) is 2.51. The molecular weight excluding hydrogens is 328 g/mol. The molecule has 0 amide bonds. The first-order valence-electron chi connectivity index (χ1n) is 7.19. The summed E-state index contributed by atoms with van der Waals surface area (Å²) in [6, 6.07) is 10.7. The van der Waals surface area contributed by atoms with E-state index in [0.717, 1.165) is 29.6 Å². The molecule has 112 valence electrons. The van der Waals surface area contributed by atoms with Gasteiger partial charge < -0.3 is 10.1 Å². The fourth-order valence-corrected chi connectivity index (χ4v) is 2.68. The molecule has 2 rings (SSSR count). The first kappa shape index (κ1) is 16.0. The third-order valence-electron chi connectivity index (χ3n) is 3.36. The van der Waals surface area contributed by atoms with Gasteiger partial charge in [-0.1, -0.05) is 19.1 Å². The highest BCUT2D eigenvalue weighted by Crippen LogP contribution is 2.22. The number of aromatic nitrogens is 1. The van der Waals surface area contributed by atoms with Gasteiger partial charge in [-0.3, -0.25) is 4.98 Å². The van der Waals surface area contributed by atoms with E-state index >= 15 is 0 Å². The maximum absolute atomic E-state index is 5.23. The van der Waals surface area contributed by atoms with Crippen LogP contribution in [0.5, 0.6) is 5.75 Å². The standard InChI is InChI=1S/C17H21BrN2O/c1-3-8-20-17(10-13-9-15(18)12-19-11-13)14-4-6-16(21-2)7-5-14/h4-7,9,11-12,17,20H,3,8,10H2,1-2H3. The molecule has 3 nitrogen and oxygen atoms in total. The van der Waals surface area contributed by atoms with E-state index in [1.54, 1.807) is 7.11 Å². The Balaban J connectivity index is 2.16. The van der Waals surface area contributed by atoms with Crippen LogP contribution >= 0.6 is 15.9 Å². The summed E-state index contributed by atoms with van der Waals surface area (Å²) in [5, 5.41) is 3.61. The second kappa shape index (κ2) is 8.15. The number of nitrogens with zero attached hydrogens (tertiary/aromatic N) is 1. The van der Waals surface area contributed by atoms with Crippen molar-refractivity contribution >= 4 is 15.9 Å². The Morgan fingerprint density at radius 2 is 2.00 bits per heavy atom. The maximum Gasteiger partial charge on any atom is 0.118 e. The SMILES string of the molecule is CCCNC(Cc1cncc(Br)c1)c1ccc(OC)cc1. The smallest absolute Gasteiger partial charge is 0.118 e. The lowest BCUT2D eigenvalue weighted by atomic mass is 9.99. The van der Waals surface area contributed by atoms with Gasteiger partial charge in [0.1, 0.15) is 5.75 Å². The second-order valence-corrected chi connectivity index (χ2v) is 5.91. The molecule has 0 saturated heterocycles. The Morgan fingerprint density at radius 3 is 2.62 bits per heavy atom. The van der Waals surface area contributed by atoms with Gasteiger partial charge in [0.2, 0.25) is 0 Å². The Bertz CT molecular complexity index is 557. The predicted molar refractivity (Wildman–Crippen MR) is 89.7 cm³/mol. The van der Waals surface area contributed by atoms with Crippen molar-refractivity contribution in [2.75, 3.05) is 13.7 Å². The van der Waals surface area contributed by atoms with E-state index in [4.69, 9.17) is 4.74 Å². The molecule has 21 heavy (non-hydrogen) atoms. The Morgan fingerprint density at radius 1 is 1.24 bits per heavy atom. The summed E-state index contributed by atoms with van der Waals surface area (Å²) in [6.07, 6.45) is 5.77. The molecule has 1 unspecified atom stereocenters. The van der Waals surface area contributed by atoms with Crippen molar-refractivity contribution in [1.82, 2.24) is 10.3 Å². The van der Waals surface area contributed by atoms with Gasteiger partial charge in [0.05, 0.1) is 7.11 Å². The van der Waals surface area contributed by atoms with Gasteiger partial charge in [-0.2, -0.15) is 0 Å². The zero-order chi connectivity index (χ0) is 15.1. The fraction of sp³-hybridized carbons (Fsp3) is 0.353. The summed E-state index contributed by atoms with van der Waals surface area (Å²) in [6.45, 7) is 3.18. The van der Waals surface area contributed by atoms with E-state index in [0.29, 0.717) is 0 Å². The fourth-order valence-electron chi connectivity index (χ4n) is 2.27. The lowest BCUT2D eigenvalue weighted by Gasteiger charge is -2.19. The molecule has 1 aromatic heterocycles. The highest BCUT2D eigenvalue weighted by molar-refractivity contribution is 9.10. The van der Waals surface area contributed by atoms with E-state index < -0.39 is 0 Å². The van der Waals surface area contributed by atoms with Crippen molar-refractivity contribution in [1.29, 1.82) is 0 Å². The molecule has 0 spiro atoms. The molecule has 0 radical (unpaired) electrons. The van der Waals surface area contributed by atoms with Gasteiger partial charge in [0.25, 0.3) is 0 Å². The number of pyridine rings is 1. The molecule has 0 aliphatic heterocycles. The molecule has 2 aromatic rings. The molecule has 0 aliphatic carbocycles. The van der Waals surface area contributed by atoms with Crippen LogP contribution in [0.15, 0.2) is 47.2 Å². The molecule has 4 heteroatoms. The van der Waals surface area contributed by atoms with Crippen LogP contribution in [0.1, 0.15) is 30.5 Å². The average molecular weight is 349 g/mol. The first-order valence-corrected chi connectivity index (χ1v) is 7.99. The molecule has 0 aliphatic rings. The summed E-state index contributed by atoms with van der Waals surface area (Å²) in [7, 11) is 1.69. The minimum atomic E-state index is 0.284. The summed E-state index contributed by atoms with van der Waals surface area (Å²) in [4.78, 5) is 4.24. The lowest BCUT2D eigenvalue weighted by molar-refractivity contribution is 0.414. The maximum atomic E-state index is 5.23. The number of hydrogen-bond acceptors (Lipinski definition) is 3. The van der Waals surface area contributed by atoms with Crippen LogP contribution in [-0.2, 0) is 6.42 Å². The number of methoxy groups -OCH3 is 1. The number of benzene rings is 1. The second-order valence-electron chi connectivity index (χ2n) is 5.00. The lowest BCUT2D eigenvalue weighted by Crippen LogP contribution is -2.24. The summed E-state index contributed by atoms with van der Waals surface area (Å²) in [5.74, 6) is 0.886. The molecule has 1 atom stereocenters. The number of nitrogens with one attached hydrogen (secondary N) is 1. The zero-order valence-electron chi connectivity index (χ0n) is 12.5. The molecule has 0 fully saturated rings. The van der Waals surface area contributed by atoms with Crippen LogP contribution < -0.4 is 10.1 Å². The highest BCUT2D eigenvalue weighted by Gasteiger charge is 2.12. The number of ether oxygens (including phenoxy) is 1. The zero-order valence-corrected chi connectivity index (χ0v) is 14.1. The van der Waals surface area contributed by atoms with Crippen molar-refractivity contribution in [3.05, 3.63) is 58.3 Å². The molecule has 1 heterocycles. The monoisotopic (exact) mass is 348 g/mol. The quantitative estimate of drug-likeness (QED) is 0.816. The minimum Gasteiger partial charge on any atom is -0.497 e. The van der Waals surface area contributed by atoms with Crippen molar-refractivity contribution in [2.45, 2.75) is 25.8 Å². The van der Waals surface area contributed by atoms with E-state index in [1.165, 1.54) is 11.1 Å². The number of halogens is 1. The van der Waals surface area contributed by atoms with Crippen molar-refractivity contribution in [3.63, 3.8) is 0 Å². The van der Waals surface area contributed by atoms with E-state index in [-0.39, 0.29) is 6.04 Å². The van der Waals surface area contributed by atoms with Crippen LogP contribution in [0.3, 0.4) is 0 Å². The molecular formula is C17H21BrN2O. The molecule has 0 bridgehead atoms. The largest absolute Gasteiger partial charge is 0.497 e. The van der Waals surface area contributed by atoms with Gasteiger partial charge >= 0.3 is 0 Å². The van der Waals surface area contributed by atoms with Crippen LogP contribution in [0, 0.1) is 0 Å². The molecule has 0 saturated carbocycles. The highest BCUT2D eigenvalue weighted by atomic mass is 79.9. The number of hydrogen-bond donors (Lipinski definition) is 1. The van der Waals surface area contributed by atoms with Gasteiger partial charge in [0.15, 0.2) is 0 Å².